The summed E-state index contributed by atoms with van der Waals surface area (Å²) in [7, 11) is 0. The van der Waals surface area contributed by atoms with Gasteiger partial charge in [0.05, 0.1) is 0 Å². The van der Waals surface area contributed by atoms with Crippen LogP contribution in [0.5, 0.6) is 0 Å². The van der Waals surface area contributed by atoms with Gasteiger partial charge in [-0.2, -0.15) is 0 Å². The number of nitrogens with zero attached hydrogens (tertiary/aromatic N) is 2. The maximum absolute atomic E-state index is 3.90. The van der Waals surface area contributed by atoms with E-state index in [1.54, 1.807) is 0 Å². The Balaban J connectivity index is 1.65. The van der Waals surface area contributed by atoms with Crippen molar-refractivity contribution in [2.45, 2.75) is 25.8 Å². The summed E-state index contributed by atoms with van der Waals surface area (Å²) >= 11 is 0. The smallest absolute Gasteiger partial charge is 0.0486 e. The van der Waals surface area contributed by atoms with E-state index < -0.39 is 0 Å². The maximum atomic E-state index is 3.90. The van der Waals surface area contributed by atoms with Gasteiger partial charge in [-0.1, -0.05) is 36.4 Å². The van der Waals surface area contributed by atoms with Crippen LogP contribution < -0.4 is 4.90 Å². The molecule has 3 aromatic rings. The topological polar surface area (TPSA) is 8.17 Å². The van der Waals surface area contributed by atoms with E-state index in [-0.39, 0.29) is 0 Å². The van der Waals surface area contributed by atoms with E-state index in [4.69, 9.17) is 0 Å². The van der Waals surface area contributed by atoms with E-state index in [0.717, 1.165) is 19.6 Å². The lowest BCUT2D eigenvalue weighted by Gasteiger charge is -2.19. The molecule has 2 heterocycles. The average Bonchev–Trinajstić information content (AvgIpc) is 3.21. The van der Waals surface area contributed by atoms with E-state index in [9.17, 15) is 0 Å². The molecule has 0 saturated carbocycles. The highest BCUT2D eigenvalue weighted by Gasteiger charge is 2.26. The van der Waals surface area contributed by atoms with Gasteiger partial charge in [-0.15, -0.1) is 6.58 Å². The van der Waals surface area contributed by atoms with Crippen LogP contribution >= 0.6 is 0 Å². The molecule has 122 valence electrons. The van der Waals surface area contributed by atoms with Gasteiger partial charge in [-0.25, -0.2) is 0 Å². The zero-order valence-electron chi connectivity index (χ0n) is 14.3. The lowest BCUT2D eigenvalue weighted by atomic mass is 9.98. The van der Waals surface area contributed by atoms with Crippen LogP contribution in [0.25, 0.3) is 10.9 Å². The summed E-state index contributed by atoms with van der Waals surface area (Å²) in [6.07, 6.45) is 5.54. The Kier molecular flexibility index (Phi) is 3.89. The van der Waals surface area contributed by atoms with Gasteiger partial charge in [-0.05, 0) is 42.7 Å². The SMILES string of the molecule is C=CCn1cc(C2CCN(c3cccc(C)c3)C2)c2ccccc21. The molecular formula is C22H24N2. The minimum absolute atomic E-state index is 0.599. The van der Waals surface area contributed by atoms with Crippen molar-refractivity contribution in [1.29, 1.82) is 0 Å². The fraction of sp³-hybridized carbons (Fsp3) is 0.273. The van der Waals surface area contributed by atoms with Gasteiger partial charge in [0.2, 0.25) is 0 Å². The Hall–Kier alpha value is -2.48. The van der Waals surface area contributed by atoms with Gasteiger partial charge in [0, 0.05) is 48.3 Å². The zero-order chi connectivity index (χ0) is 16.5. The minimum atomic E-state index is 0.599. The van der Waals surface area contributed by atoms with Gasteiger partial charge in [0.15, 0.2) is 0 Å². The van der Waals surface area contributed by atoms with Crippen LogP contribution in [0, 0.1) is 6.92 Å². The van der Waals surface area contributed by atoms with Gasteiger partial charge in [0.25, 0.3) is 0 Å². The summed E-state index contributed by atoms with van der Waals surface area (Å²) in [4.78, 5) is 2.53. The number of aryl methyl sites for hydroxylation is 1. The number of allylic oxidation sites excluding steroid dienone is 1. The van der Waals surface area contributed by atoms with Gasteiger partial charge in [-0.3, -0.25) is 0 Å². The summed E-state index contributed by atoms with van der Waals surface area (Å²) in [5.41, 5.74) is 5.50. The highest BCUT2D eigenvalue weighted by atomic mass is 15.2. The predicted octanol–water partition coefficient (Wildman–Crippen LogP) is 5.13. The number of para-hydroxylation sites is 1. The van der Waals surface area contributed by atoms with E-state index in [2.05, 4.69) is 77.7 Å². The number of hydrogen-bond acceptors (Lipinski definition) is 1. The first-order chi connectivity index (χ1) is 11.8. The molecular weight excluding hydrogens is 292 g/mol. The zero-order valence-corrected chi connectivity index (χ0v) is 14.3. The first-order valence-corrected chi connectivity index (χ1v) is 8.76. The van der Waals surface area contributed by atoms with E-state index in [1.165, 1.54) is 34.1 Å². The fourth-order valence-corrected chi connectivity index (χ4v) is 3.96. The normalized spacial score (nSPS) is 17.5. The summed E-state index contributed by atoms with van der Waals surface area (Å²) in [5, 5.41) is 1.40. The van der Waals surface area contributed by atoms with Crippen LogP contribution in [-0.2, 0) is 6.54 Å². The third-order valence-electron chi connectivity index (χ3n) is 5.14. The summed E-state index contributed by atoms with van der Waals surface area (Å²) < 4.78 is 2.33. The molecule has 1 saturated heterocycles. The van der Waals surface area contributed by atoms with Crippen molar-refractivity contribution in [3.63, 3.8) is 0 Å². The van der Waals surface area contributed by atoms with E-state index in [1.807, 2.05) is 6.08 Å². The highest BCUT2D eigenvalue weighted by Crippen LogP contribution is 2.35. The molecule has 4 rings (SSSR count). The van der Waals surface area contributed by atoms with Crippen molar-refractivity contribution < 1.29 is 0 Å². The quantitative estimate of drug-likeness (QED) is 0.606. The standard InChI is InChI=1S/C22H24N2/c1-3-12-24-16-21(20-9-4-5-10-22(20)24)18-11-13-23(15-18)19-8-6-7-17(2)14-19/h3-10,14,16,18H,1,11-13,15H2,2H3. The van der Waals surface area contributed by atoms with Gasteiger partial charge in [0.1, 0.15) is 0 Å². The number of benzene rings is 2. The molecule has 1 aromatic heterocycles. The highest BCUT2D eigenvalue weighted by molar-refractivity contribution is 5.84. The molecule has 2 nitrogen and oxygen atoms in total. The summed E-state index contributed by atoms with van der Waals surface area (Å²) in [6, 6.07) is 17.6. The third kappa shape index (κ3) is 2.62. The maximum Gasteiger partial charge on any atom is 0.0486 e. The molecule has 0 aliphatic carbocycles. The number of hydrogen-bond donors (Lipinski definition) is 0. The second-order valence-corrected chi connectivity index (χ2v) is 6.81. The van der Waals surface area contributed by atoms with Crippen molar-refractivity contribution in [2.24, 2.45) is 0 Å². The minimum Gasteiger partial charge on any atom is -0.371 e. The average molecular weight is 316 g/mol. The van der Waals surface area contributed by atoms with Crippen molar-refractivity contribution in [1.82, 2.24) is 4.57 Å². The first-order valence-electron chi connectivity index (χ1n) is 8.76. The number of anilines is 1. The first kappa shape index (κ1) is 15.1. The molecule has 0 N–H and O–H groups in total. The Morgan fingerprint density at radius 3 is 2.88 bits per heavy atom. The Bertz CT molecular complexity index is 875. The van der Waals surface area contributed by atoms with Crippen LogP contribution in [0.3, 0.4) is 0 Å². The van der Waals surface area contributed by atoms with Gasteiger partial charge >= 0.3 is 0 Å². The van der Waals surface area contributed by atoms with Crippen molar-refractivity contribution in [2.75, 3.05) is 18.0 Å². The molecule has 1 unspecified atom stereocenters. The number of aromatic nitrogens is 1. The predicted molar refractivity (Wildman–Crippen MR) is 103 cm³/mol. The lowest BCUT2D eigenvalue weighted by Crippen LogP contribution is -2.19. The molecule has 1 aliphatic rings. The molecule has 2 aromatic carbocycles. The van der Waals surface area contributed by atoms with Crippen molar-refractivity contribution >= 4 is 16.6 Å². The number of fused-ring (bicyclic) bond motifs is 1. The lowest BCUT2D eigenvalue weighted by molar-refractivity contribution is 0.767. The van der Waals surface area contributed by atoms with Crippen molar-refractivity contribution in [3.05, 3.63) is 78.5 Å². The van der Waals surface area contributed by atoms with Crippen LogP contribution in [0.15, 0.2) is 67.4 Å². The second-order valence-electron chi connectivity index (χ2n) is 6.81. The van der Waals surface area contributed by atoms with Crippen LogP contribution in [0.4, 0.5) is 5.69 Å². The third-order valence-corrected chi connectivity index (χ3v) is 5.14. The molecule has 1 fully saturated rings. The van der Waals surface area contributed by atoms with Gasteiger partial charge < -0.3 is 9.47 Å². The molecule has 0 spiro atoms. The van der Waals surface area contributed by atoms with Crippen LogP contribution in [-0.4, -0.2) is 17.7 Å². The summed E-state index contributed by atoms with van der Waals surface area (Å²) in [5.74, 6) is 0.599. The number of rotatable bonds is 4. The Morgan fingerprint density at radius 2 is 2.04 bits per heavy atom. The van der Waals surface area contributed by atoms with Crippen LogP contribution in [0.1, 0.15) is 23.5 Å². The molecule has 1 atom stereocenters. The van der Waals surface area contributed by atoms with Crippen LogP contribution in [0.2, 0.25) is 0 Å². The molecule has 0 amide bonds. The fourth-order valence-electron chi connectivity index (χ4n) is 3.96. The van der Waals surface area contributed by atoms with E-state index >= 15 is 0 Å². The molecule has 0 radical (unpaired) electrons. The molecule has 2 heteroatoms. The monoisotopic (exact) mass is 316 g/mol. The molecule has 0 bridgehead atoms. The second kappa shape index (κ2) is 6.20. The van der Waals surface area contributed by atoms with Crippen molar-refractivity contribution in [3.8, 4) is 0 Å². The Labute approximate surface area is 144 Å². The molecule has 1 aliphatic heterocycles. The largest absolute Gasteiger partial charge is 0.371 e. The van der Waals surface area contributed by atoms with E-state index in [0.29, 0.717) is 5.92 Å². The Morgan fingerprint density at radius 1 is 1.17 bits per heavy atom. The molecule has 24 heavy (non-hydrogen) atoms. The summed E-state index contributed by atoms with van der Waals surface area (Å²) in [6.45, 7) is 9.17.